The SMILES string of the molecule is CC1=C(c2ccc(OCc3cc(C)nc4ccccc34)cc2)NOC12CCN(C(=O)OC(C)(C)C)CC2C(=O)NO. The number of nitrogens with one attached hydrogen (secondary N) is 2. The van der Waals surface area contributed by atoms with Crippen LogP contribution in [-0.4, -0.2) is 51.4 Å². The van der Waals surface area contributed by atoms with Crippen molar-refractivity contribution in [1.29, 1.82) is 0 Å². The van der Waals surface area contributed by atoms with Crippen LogP contribution < -0.4 is 15.7 Å². The van der Waals surface area contributed by atoms with Crippen molar-refractivity contribution in [2.75, 3.05) is 13.1 Å². The van der Waals surface area contributed by atoms with E-state index in [-0.39, 0.29) is 6.54 Å². The van der Waals surface area contributed by atoms with E-state index < -0.39 is 29.1 Å². The third-order valence-electron chi connectivity index (χ3n) is 7.61. The zero-order valence-corrected chi connectivity index (χ0v) is 24.0. The lowest BCUT2D eigenvalue weighted by Gasteiger charge is -2.43. The van der Waals surface area contributed by atoms with E-state index in [0.29, 0.717) is 25.3 Å². The Kier molecular flexibility index (Phi) is 7.63. The van der Waals surface area contributed by atoms with Crippen LogP contribution in [-0.2, 0) is 21.0 Å². The van der Waals surface area contributed by atoms with Crippen LogP contribution in [0.25, 0.3) is 16.6 Å². The molecule has 0 saturated carbocycles. The van der Waals surface area contributed by atoms with Gasteiger partial charge in [-0.1, -0.05) is 18.2 Å². The van der Waals surface area contributed by atoms with Gasteiger partial charge < -0.3 is 14.4 Å². The number of piperidine rings is 1. The first-order valence-electron chi connectivity index (χ1n) is 13.7. The Morgan fingerprint density at radius 2 is 1.90 bits per heavy atom. The van der Waals surface area contributed by atoms with E-state index in [4.69, 9.17) is 14.3 Å². The predicted octanol–water partition coefficient (Wildman–Crippen LogP) is 4.89. The zero-order valence-electron chi connectivity index (χ0n) is 24.0. The molecule has 216 valence electrons. The summed E-state index contributed by atoms with van der Waals surface area (Å²) in [6, 6.07) is 17.7. The number of aryl methyl sites for hydroxylation is 1. The molecule has 3 aromatic rings. The molecule has 2 aliphatic rings. The number of amides is 2. The first-order valence-corrected chi connectivity index (χ1v) is 13.7. The number of ether oxygens (including phenoxy) is 2. The van der Waals surface area contributed by atoms with E-state index in [2.05, 4.69) is 10.5 Å². The Morgan fingerprint density at radius 1 is 1.17 bits per heavy atom. The maximum Gasteiger partial charge on any atom is 0.410 e. The third-order valence-corrected chi connectivity index (χ3v) is 7.61. The van der Waals surface area contributed by atoms with Gasteiger partial charge in [0.1, 0.15) is 23.6 Å². The molecule has 0 aliphatic carbocycles. The highest BCUT2D eigenvalue weighted by Gasteiger charge is 2.54. The van der Waals surface area contributed by atoms with E-state index in [1.165, 1.54) is 4.90 Å². The van der Waals surface area contributed by atoms with Crippen molar-refractivity contribution in [2.45, 2.75) is 58.8 Å². The number of likely N-dealkylation sites (tertiary alicyclic amines) is 1. The van der Waals surface area contributed by atoms with Crippen LogP contribution in [0.4, 0.5) is 4.79 Å². The maximum atomic E-state index is 12.8. The van der Waals surface area contributed by atoms with Gasteiger partial charge in [-0.15, -0.1) is 0 Å². The first kappa shape index (κ1) is 28.4. The molecule has 10 nitrogen and oxygen atoms in total. The molecule has 2 aliphatic heterocycles. The summed E-state index contributed by atoms with van der Waals surface area (Å²) in [5.74, 6) is -0.786. The van der Waals surface area contributed by atoms with Crippen LogP contribution in [0.15, 0.2) is 60.2 Å². The lowest BCUT2D eigenvalue weighted by Crippen LogP contribution is -2.59. The lowest BCUT2D eigenvalue weighted by molar-refractivity contribution is -0.156. The summed E-state index contributed by atoms with van der Waals surface area (Å²) in [7, 11) is 0. The number of aromatic nitrogens is 1. The lowest BCUT2D eigenvalue weighted by atomic mass is 9.75. The Morgan fingerprint density at radius 3 is 2.61 bits per heavy atom. The van der Waals surface area contributed by atoms with Gasteiger partial charge in [0.2, 0.25) is 0 Å². The molecule has 1 spiro atoms. The van der Waals surface area contributed by atoms with E-state index in [0.717, 1.165) is 39.0 Å². The molecule has 3 N–H and O–H groups in total. The minimum atomic E-state index is -1.05. The van der Waals surface area contributed by atoms with Crippen molar-refractivity contribution in [3.8, 4) is 5.75 Å². The quantitative estimate of drug-likeness (QED) is 0.298. The Hall–Kier alpha value is -4.15. The molecular formula is C31H36N4O6. The Bertz CT molecular complexity index is 1500. The summed E-state index contributed by atoms with van der Waals surface area (Å²) in [4.78, 5) is 37.7. The normalized spacial score (nSPS) is 20.7. The van der Waals surface area contributed by atoms with Crippen LogP contribution >= 0.6 is 0 Å². The number of rotatable bonds is 5. The number of hydrogen-bond acceptors (Lipinski definition) is 8. The van der Waals surface area contributed by atoms with E-state index in [1.807, 2.05) is 68.4 Å². The number of carbonyl (C=O) groups excluding carboxylic acids is 2. The van der Waals surface area contributed by atoms with E-state index >= 15 is 0 Å². The number of hydrogen-bond donors (Lipinski definition) is 3. The van der Waals surface area contributed by atoms with Crippen molar-refractivity contribution in [3.63, 3.8) is 0 Å². The number of hydroxylamine groups is 2. The summed E-state index contributed by atoms with van der Waals surface area (Å²) in [5, 5.41) is 10.6. The maximum absolute atomic E-state index is 12.8. The van der Waals surface area contributed by atoms with Gasteiger partial charge in [0, 0.05) is 41.7 Å². The van der Waals surface area contributed by atoms with Gasteiger partial charge >= 0.3 is 6.09 Å². The molecule has 2 amide bonds. The molecule has 2 aromatic carbocycles. The smallest absolute Gasteiger partial charge is 0.410 e. The molecule has 10 heteroatoms. The van der Waals surface area contributed by atoms with Crippen LogP contribution in [0.5, 0.6) is 5.75 Å². The van der Waals surface area contributed by atoms with Crippen LogP contribution in [0.1, 0.15) is 50.9 Å². The Balaban J connectivity index is 1.33. The molecule has 3 heterocycles. The summed E-state index contributed by atoms with van der Waals surface area (Å²) >= 11 is 0. The van der Waals surface area contributed by atoms with E-state index in [9.17, 15) is 14.8 Å². The fourth-order valence-corrected chi connectivity index (χ4v) is 5.55. The standard InChI is InChI=1S/C31H36N4O6/c1-19-16-22(24-8-6-7-9-26(24)32-19)18-39-23-12-10-21(11-13-23)27-20(2)31(41-34-27)14-15-35(17-25(31)28(36)33-38)29(37)40-30(3,4)5/h6-13,16,25,34,38H,14-15,17-18H2,1-5H3,(H,33,36). The zero-order chi connectivity index (χ0) is 29.4. The van der Waals surface area contributed by atoms with E-state index in [1.54, 1.807) is 26.3 Å². The molecule has 1 fully saturated rings. The van der Waals surface area contributed by atoms with Gasteiger partial charge in [0.05, 0.1) is 17.1 Å². The van der Waals surface area contributed by atoms with Crippen molar-refractivity contribution < 1.29 is 29.1 Å². The summed E-state index contributed by atoms with van der Waals surface area (Å²) in [5.41, 5.74) is 8.38. The highest BCUT2D eigenvalue weighted by atomic mass is 16.7. The van der Waals surface area contributed by atoms with Gasteiger partial charge in [-0.25, -0.2) is 10.3 Å². The topological polar surface area (TPSA) is 122 Å². The molecule has 0 bridgehead atoms. The van der Waals surface area contributed by atoms with Gasteiger partial charge in [-0.3, -0.25) is 25.3 Å². The van der Waals surface area contributed by atoms with Gasteiger partial charge in [0.25, 0.3) is 5.91 Å². The van der Waals surface area contributed by atoms with Crippen LogP contribution in [0.2, 0.25) is 0 Å². The summed E-state index contributed by atoms with van der Waals surface area (Å²) in [6.45, 7) is 10.00. The van der Waals surface area contributed by atoms with Gasteiger partial charge in [0.15, 0.2) is 0 Å². The molecule has 1 aromatic heterocycles. The molecule has 1 saturated heterocycles. The van der Waals surface area contributed by atoms with Crippen molar-refractivity contribution >= 4 is 28.6 Å². The summed E-state index contributed by atoms with van der Waals surface area (Å²) in [6.07, 6.45) is -0.172. The number of para-hydroxylation sites is 1. The second-order valence-corrected chi connectivity index (χ2v) is 11.6. The number of pyridine rings is 1. The molecular weight excluding hydrogens is 524 g/mol. The van der Waals surface area contributed by atoms with Crippen molar-refractivity contribution in [1.82, 2.24) is 20.8 Å². The largest absolute Gasteiger partial charge is 0.489 e. The van der Waals surface area contributed by atoms with Gasteiger partial charge in [-0.2, -0.15) is 0 Å². The minimum Gasteiger partial charge on any atom is -0.489 e. The summed E-state index contributed by atoms with van der Waals surface area (Å²) < 4.78 is 11.6. The average molecular weight is 561 g/mol. The average Bonchev–Trinajstić information content (AvgIpc) is 3.26. The highest BCUT2D eigenvalue weighted by molar-refractivity contribution is 5.83. The predicted molar refractivity (Wildman–Crippen MR) is 153 cm³/mol. The van der Waals surface area contributed by atoms with Gasteiger partial charge in [-0.05, 0) is 76.6 Å². The second-order valence-electron chi connectivity index (χ2n) is 11.6. The number of nitrogens with zero attached hydrogens (tertiary/aromatic N) is 2. The number of fused-ring (bicyclic) bond motifs is 1. The number of benzene rings is 2. The molecule has 41 heavy (non-hydrogen) atoms. The molecule has 2 unspecified atom stereocenters. The van der Waals surface area contributed by atoms with Crippen LogP contribution in [0, 0.1) is 12.8 Å². The van der Waals surface area contributed by atoms with Crippen LogP contribution in [0.3, 0.4) is 0 Å². The minimum absolute atomic E-state index is 0.0313. The second kappa shape index (κ2) is 11.0. The highest BCUT2D eigenvalue weighted by Crippen LogP contribution is 2.44. The third kappa shape index (κ3) is 5.71. The number of carbonyl (C=O) groups is 2. The fourth-order valence-electron chi connectivity index (χ4n) is 5.55. The first-order chi connectivity index (χ1) is 19.5. The van der Waals surface area contributed by atoms with Crippen molar-refractivity contribution in [3.05, 3.63) is 77.0 Å². The molecule has 2 atom stereocenters. The Labute approximate surface area is 239 Å². The van der Waals surface area contributed by atoms with Crippen molar-refractivity contribution in [2.24, 2.45) is 5.92 Å². The fraction of sp³-hybridized carbons (Fsp3) is 0.387. The molecule has 0 radical (unpaired) electrons. The molecule has 5 rings (SSSR count). The monoisotopic (exact) mass is 560 g/mol.